The fourth-order valence-electron chi connectivity index (χ4n) is 5.76. The van der Waals surface area contributed by atoms with Gasteiger partial charge in [0.2, 0.25) is 23.4 Å². The molecule has 0 fully saturated rings. The number of hydrogen-bond acceptors (Lipinski definition) is 17. The molecule has 1 N–H and O–H groups in total. The minimum Gasteiger partial charge on any atom is -0.870 e. The Kier molecular flexibility index (Phi) is 28.3. The summed E-state index contributed by atoms with van der Waals surface area (Å²) in [4.78, 5) is 57.2. The first kappa shape index (κ1) is 69.1. The second-order valence-corrected chi connectivity index (χ2v) is 31.8. The summed E-state index contributed by atoms with van der Waals surface area (Å²) in [6, 6.07) is 15.5. The van der Waals surface area contributed by atoms with Crippen LogP contribution in [0.1, 0.15) is 46.3 Å². The van der Waals surface area contributed by atoms with E-state index in [0.717, 1.165) is 32.6 Å². The number of halogens is 6. The van der Waals surface area contributed by atoms with Crippen LogP contribution >= 0.6 is 0 Å². The van der Waals surface area contributed by atoms with E-state index in [1.54, 1.807) is 48.8 Å². The third kappa shape index (κ3) is 25.4. The summed E-state index contributed by atoms with van der Waals surface area (Å²) in [5.74, 6) is -0.884. The summed E-state index contributed by atoms with van der Waals surface area (Å²) in [5, 5.41) is 8.07. The van der Waals surface area contributed by atoms with Gasteiger partial charge in [-0.3, -0.25) is 9.97 Å². The van der Waals surface area contributed by atoms with Gasteiger partial charge in [0.15, 0.2) is 11.6 Å². The van der Waals surface area contributed by atoms with Crippen molar-refractivity contribution in [3.05, 3.63) is 85.0 Å². The summed E-state index contributed by atoms with van der Waals surface area (Å²) in [7, 11) is -2.70. The van der Waals surface area contributed by atoms with E-state index in [1.165, 1.54) is 12.4 Å². The first-order valence-corrected chi connectivity index (χ1v) is 30.7. The van der Waals surface area contributed by atoms with E-state index in [0.29, 0.717) is 66.6 Å². The average molecular weight is 1130 g/mol. The van der Waals surface area contributed by atoms with Gasteiger partial charge in [-0.25, -0.2) is 29.3 Å². The van der Waals surface area contributed by atoms with Crippen LogP contribution in [0, 0.1) is 11.3 Å². The van der Waals surface area contributed by atoms with Crippen LogP contribution in [0.25, 0.3) is 45.3 Å². The maximum Gasteiger partial charge on any atom is 1.00 e. The molecule has 0 saturated heterocycles. The maximum atomic E-state index is 13.5. The zero-order valence-electron chi connectivity index (χ0n) is 45.1. The van der Waals surface area contributed by atoms with Gasteiger partial charge in [0, 0.05) is 88.5 Å². The fraction of sp³-hybridized carbons (Fsp3) is 0.469. The van der Waals surface area contributed by atoms with E-state index in [-0.39, 0.29) is 77.9 Å². The number of carbonyl (C=O) groups excluding carboxylic acids is 4. The Bertz CT molecular complexity index is 2730. The molecule has 0 atom stereocenters. The van der Waals surface area contributed by atoms with Crippen molar-refractivity contribution in [3.63, 3.8) is 0 Å². The van der Waals surface area contributed by atoms with E-state index in [9.17, 15) is 26.3 Å². The Morgan fingerprint density at radius 2 is 0.909 bits per heavy atom. The van der Waals surface area contributed by atoms with Crippen molar-refractivity contribution in [1.29, 1.82) is 0 Å². The molecule has 0 saturated carbocycles. The zero-order valence-corrected chi connectivity index (χ0v) is 49.1. The van der Waals surface area contributed by atoms with Gasteiger partial charge in [0.1, 0.15) is 13.5 Å². The second-order valence-electron chi connectivity index (χ2n) is 20.6. The van der Waals surface area contributed by atoms with Gasteiger partial charge in [-0.15, -0.1) is 10.2 Å². The van der Waals surface area contributed by atoms with Crippen LogP contribution in [-0.4, -0.2) is 110 Å². The second kappa shape index (κ2) is 31.5. The molecular weight excluding hydrogens is 1070 g/mol. The molecule has 0 aliphatic rings. The van der Waals surface area contributed by atoms with Crippen molar-refractivity contribution in [2.75, 3.05) is 26.4 Å². The number of nitrogens with zero attached hydrogens (tertiary/aromatic N) is 10. The van der Waals surface area contributed by atoms with Crippen LogP contribution in [-0.2, 0) is 54.5 Å². The number of rotatable bonds is 19. The summed E-state index contributed by atoms with van der Waals surface area (Å²) < 4.78 is 105. The molecule has 6 rings (SSSR count). The summed E-state index contributed by atoms with van der Waals surface area (Å²) >= 11 is 0. The van der Waals surface area contributed by atoms with Crippen LogP contribution in [0.4, 0.5) is 26.3 Å². The predicted molar refractivity (Wildman–Crippen MR) is 268 cm³/mol. The van der Waals surface area contributed by atoms with Crippen LogP contribution < -0.4 is 39.0 Å². The van der Waals surface area contributed by atoms with Gasteiger partial charge in [-0.1, -0.05) is 73.9 Å². The average Bonchev–Trinajstić information content (AvgIpc) is 3.97. The van der Waals surface area contributed by atoms with E-state index in [2.05, 4.69) is 114 Å². The Morgan fingerprint density at radius 3 is 1.19 bits per heavy atom. The number of hydrogen-bond donors (Lipinski definition) is 0. The molecule has 77 heavy (non-hydrogen) atoms. The molecule has 28 heteroatoms. The monoisotopic (exact) mass is 1130 g/mol. The minimum absolute atomic E-state index is 0. The smallest absolute Gasteiger partial charge is 0.870 e. The molecule has 0 aromatic carbocycles. The Hall–Kier alpha value is -5.87. The van der Waals surface area contributed by atoms with Crippen LogP contribution in [0.3, 0.4) is 0 Å². The molecule has 0 amide bonds. The molecule has 0 aliphatic heterocycles. The molecule has 0 unspecified atom stereocenters. The Balaban J connectivity index is 0.000000682. The molecule has 0 aliphatic carbocycles. The van der Waals surface area contributed by atoms with Gasteiger partial charge >= 0.3 is 54.2 Å². The van der Waals surface area contributed by atoms with Crippen molar-refractivity contribution in [1.82, 2.24) is 49.5 Å². The van der Waals surface area contributed by atoms with Crippen molar-refractivity contribution in [2.45, 2.75) is 112 Å². The van der Waals surface area contributed by atoms with Gasteiger partial charge < -0.3 is 24.4 Å². The number of aromatic nitrogens is 10. The standard InChI is InChI=1S/C24H32F3N5O2Si.C23H30F3N5O2Si.2CO2.Na.H2O/c1-23(2,3)15-34-20-10-8-17(13-29-20)19-9-7-18(14-28-19)21-30-22(24(25,26)27)32(31-21)16-33-11-12-35(4,5)6;1-16(2)14-33-20-9-7-17(12-28-20)19-8-6-18(13-27-19)21-29-22(23(24,25)26)31(30-21)15-32-10-11-34(3,4)5;2*2-1-3;;/h7-10,13-14H,11-12,15-16H2,1-6H3;6-9,12-13,16H,10-11,14-15H2,1-5H3;;;;1H2/q;;;;+1;/p-1. The molecule has 0 bridgehead atoms. The third-order valence-electron chi connectivity index (χ3n) is 9.60. The quantitative estimate of drug-likeness (QED) is 0.0430. The van der Waals surface area contributed by atoms with Crippen molar-refractivity contribution in [3.8, 4) is 57.1 Å². The topological polar surface area (TPSA) is 248 Å². The van der Waals surface area contributed by atoms with Crippen LogP contribution in [0.15, 0.2) is 73.3 Å². The fourth-order valence-corrected chi connectivity index (χ4v) is 7.27. The van der Waals surface area contributed by atoms with Gasteiger partial charge in [-0.05, 0) is 59.8 Å². The van der Waals surface area contributed by atoms with Gasteiger partial charge in [0.05, 0.1) is 24.6 Å². The predicted octanol–water partition coefficient (Wildman–Crippen LogP) is 7.59. The molecule has 0 spiro atoms. The molecule has 19 nitrogen and oxygen atoms in total. The number of alkyl halides is 6. The number of ether oxygens (including phenoxy) is 4. The zero-order chi connectivity index (χ0) is 56.2. The molecule has 6 aromatic heterocycles. The van der Waals surface area contributed by atoms with Gasteiger partial charge in [-0.2, -0.15) is 45.5 Å². The first-order chi connectivity index (χ1) is 35.0. The van der Waals surface area contributed by atoms with Crippen molar-refractivity contribution in [2.24, 2.45) is 11.3 Å². The van der Waals surface area contributed by atoms with Crippen molar-refractivity contribution >= 4 is 28.5 Å². The minimum atomic E-state index is -4.65. The maximum absolute atomic E-state index is 13.5. The summed E-state index contributed by atoms with van der Waals surface area (Å²) in [6.07, 6.45) is -2.61. The first-order valence-electron chi connectivity index (χ1n) is 23.3. The van der Waals surface area contributed by atoms with E-state index in [1.807, 2.05) is 12.1 Å². The molecule has 6 aromatic rings. The van der Waals surface area contributed by atoms with Crippen LogP contribution in [0.2, 0.25) is 51.4 Å². The Labute approximate surface area is 466 Å². The molecular formula is C49H63F6N10NaO9Si2. The largest absolute Gasteiger partial charge is 1.00 e. The van der Waals surface area contributed by atoms with Crippen molar-refractivity contribution < 1.29 is 99.5 Å². The number of pyridine rings is 4. The van der Waals surface area contributed by atoms with Crippen LogP contribution in [0.5, 0.6) is 11.8 Å². The third-order valence-corrected chi connectivity index (χ3v) is 13.0. The normalized spacial score (nSPS) is 11.5. The molecule has 414 valence electrons. The molecule has 6 heterocycles. The summed E-state index contributed by atoms with van der Waals surface area (Å²) in [6.45, 7) is 24.6. The van der Waals surface area contributed by atoms with E-state index in [4.69, 9.17) is 38.1 Å². The molecule has 0 radical (unpaired) electrons. The van der Waals surface area contributed by atoms with Gasteiger partial charge in [0.25, 0.3) is 0 Å². The van der Waals surface area contributed by atoms with E-state index < -0.39 is 40.1 Å². The van der Waals surface area contributed by atoms with E-state index >= 15 is 0 Å². The SMILES string of the molecule is CC(C)(C)COc1ccc(-c2ccc(-c3nc(C(F)(F)F)n(COCC[Si](C)(C)C)n3)cn2)cn1.CC(C)COc1ccc(-c2ccc(-c3nc(C(F)(F)F)n(COCC[Si](C)(C)C)n3)cn2)cn1.O=C=O.O=C=O.[Na+].[OH-]. The Morgan fingerprint density at radius 1 is 0.558 bits per heavy atom. The summed E-state index contributed by atoms with van der Waals surface area (Å²) in [5.41, 5.74) is 3.52.